The van der Waals surface area contributed by atoms with E-state index in [0.29, 0.717) is 0 Å². The van der Waals surface area contributed by atoms with E-state index in [1.54, 1.807) is 24.3 Å². The van der Waals surface area contributed by atoms with Crippen molar-refractivity contribution < 1.29 is 35.9 Å². The number of aromatic nitrogens is 1. The fourth-order valence-corrected chi connectivity index (χ4v) is 5.23. The van der Waals surface area contributed by atoms with Crippen LogP contribution in [0.15, 0.2) is 66.9 Å². The maximum absolute atomic E-state index is 12.7. The summed E-state index contributed by atoms with van der Waals surface area (Å²) in [6.45, 7) is 6.01. The number of ether oxygens (including phenoxy) is 1. The average Bonchev–Trinajstić information content (AvgIpc) is 2.92. The van der Waals surface area contributed by atoms with E-state index in [4.69, 9.17) is 11.6 Å². The van der Waals surface area contributed by atoms with Gasteiger partial charge < -0.3 is 4.74 Å². The highest BCUT2D eigenvalue weighted by atomic mass is 35.5. The van der Waals surface area contributed by atoms with E-state index in [9.17, 15) is 36.4 Å². The number of carbonyl (C=O) groups is 2. The van der Waals surface area contributed by atoms with Crippen LogP contribution in [0.3, 0.4) is 0 Å². The Hall–Kier alpha value is -4.47. The van der Waals surface area contributed by atoms with Crippen LogP contribution >= 0.6 is 11.6 Å². The standard InChI is InChI=1S/C29H21ClF3N3O5S/c1-28(2,3)17-7-9-18(10-8-17)36(42(39)40)22-13-6-16(15-34)24(30)23(22)19-11-12-21(25-20(19)5-4-14-35-25)26(37)41-27(38)29(31,32)33/h4-14,42H,1-3H3. The minimum absolute atomic E-state index is 0.0101. The predicted octanol–water partition coefficient (Wildman–Crippen LogP) is 6.63. The third-order valence-corrected chi connectivity index (χ3v) is 7.45. The fraction of sp³-hybridized carbons (Fsp3) is 0.172. The smallest absolute Gasteiger partial charge is 0.383 e. The van der Waals surface area contributed by atoms with Gasteiger partial charge in [-0.15, -0.1) is 0 Å². The lowest BCUT2D eigenvalue weighted by Gasteiger charge is -2.25. The summed E-state index contributed by atoms with van der Waals surface area (Å²) >= 11 is 6.66. The van der Waals surface area contributed by atoms with Gasteiger partial charge in [-0.3, -0.25) is 4.98 Å². The van der Waals surface area contributed by atoms with Gasteiger partial charge in [-0.05, 0) is 52.9 Å². The van der Waals surface area contributed by atoms with E-state index in [1.165, 1.54) is 36.5 Å². The summed E-state index contributed by atoms with van der Waals surface area (Å²) in [6, 6.07) is 16.8. The molecule has 1 aromatic heterocycles. The van der Waals surface area contributed by atoms with Crippen LogP contribution in [0.2, 0.25) is 5.02 Å². The number of fused-ring (bicyclic) bond motifs is 1. The van der Waals surface area contributed by atoms with Gasteiger partial charge in [0.1, 0.15) is 6.07 Å². The highest BCUT2D eigenvalue weighted by Gasteiger charge is 2.43. The molecule has 0 unspecified atom stereocenters. The molecule has 216 valence electrons. The Morgan fingerprint density at radius 1 is 1.00 bits per heavy atom. The third kappa shape index (κ3) is 5.93. The number of hydrogen-bond donors (Lipinski definition) is 1. The first-order valence-corrected chi connectivity index (χ1v) is 13.6. The number of nitriles is 1. The molecule has 4 aromatic rings. The van der Waals surface area contributed by atoms with Gasteiger partial charge in [-0.25, -0.2) is 22.3 Å². The molecule has 42 heavy (non-hydrogen) atoms. The van der Waals surface area contributed by atoms with Gasteiger partial charge in [0.15, 0.2) is 0 Å². The topological polar surface area (TPSA) is 117 Å². The minimum atomic E-state index is -5.40. The van der Waals surface area contributed by atoms with Crippen LogP contribution in [0.5, 0.6) is 0 Å². The number of esters is 2. The molecule has 0 radical (unpaired) electrons. The Kier molecular flexibility index (Phi) is 8.29. The number of halogens is 4. The normalized spacial score (nSPS) is 11.8. The average molecular weight is 616 g/mol. The van der Waals surface area contributed by atoms with Gasteiger partial charge in [0.25, 0.3) is 0 Å². The molecule has 4 rings (SSSR count). The Bertz CT molecular complexity index is 1840. The lowest BCUT2D eigenvalue weighted by Crippen LogP contribution is -2.28. The van der Waals surface area contributed by atoms with Crippen LogP contribution in [-0.2, 0) is 25.8 Å². The van der Waals surface area contributed by atoms with Gasteiger partial charge in [-0.1, -0.05) is 56.6 Å². The van der Waals surface area contributed by atoms with Crippen LogP contribution in [0.4, 0.5) is 24.5 Å². The molecule has 0 saturated heterocycles. The van der Waals surface area contributed by atoms with Crippen molar-refractivity contribution in [2.24, 2.45) is 0 Å². The van der Waals surface area contributed by atoms with E-state index in [0.717, 1.165) is 15.9 Å². The van der Waals surface area contributed by atoms with E-state index >= 15 is 0 Å². The lowest BCUT2D eigenvalue weighted by atomic mass is 9.87. The fourth-order valence-electron chi connectivity index (χ4n) is 4.26. The minimum Gasteiger partial charge on any atom is -0.383 e. The molecule has 0 atom stereocenters. The molecule has 0 saturated carbocycles. The van der Waals surface area contributed by atoms with Gasteiger partial charge >= 0.3 is 18.1 Å². The quantitative estimate of drug-likeness (QED) is 0.152. The number of rotatable bonds is 5. The molecule has 0 aliphatic heterocycles. The van der Waals surface area contributed by atoms with Crippen molar-refractivity contribution in [2.75, 3.05) is 4.31 Å². The summed E-state index contributed by atoms with van der Waals surface area (Å²) < 4.78 is 68.5. The Morgan fingerprint density at radius 3 is 2.24 bits per heavy atom. The van der Waals surface area contributed by atoms with Crippen molar-refractivity contribution in [1.29, 1.82) is 5.26 Å². The van der Waals surface area contributed by atoms with E-state index in [2.05, 4.69) is 9.72 Å². The van der Waals surface area contributed by atoms with Gasteiger partial charge in [-0.2, -0.15) is 18.4 Å². The molecule has 13 heteroatoms. The van der Waals surface area contributed by atoms with Crippen molar-refractivity contribution >= 4 is 56.7 Å². The second-order valence-corrected chi connectivity index (χ2v) is 11.3. The van der Waals surface area contributed by atoms with E-state index in [-0.39, 0.29) is 49.4 Å². The van der Waals surface area contributed by atoms with Gasteiger partial charge in [0, 0.05) is 17.1 Å². The van der Waals surface area contributed by atoms with Crippen molar-refractivity contribution in [3.63, 3.8) is 0 Å². The second kappa shape index (κ2) is 11.4. The number of benzene rings is 3. The summed E-state index contributed by atoms with van der Waals surface area (Å²) in [5, 5.41) is 9.71. The summed E-state index contributed by atoms with van der Waals surface area (Å²) in [4.78, 5) is 27.9. The molecule has 0 amide bonds. The van der Waals surface area contributed by atoms with Gasteiger partial charge in [0.05, 0.1) is 33.0 Å². The largest absolute Gasteiger partial charge is 0.491 e. The number of nitrogens with zero attached hydrogens (tertiary/aromatic N) is 3. The molecule has 8 nitrogen and oxygen atoms in total. The molecule has 1 heterocycles. The number of thiol groups is 1. The zero-order valence-electron chi connectivity index (χ0n) is 22.2. The summed E-state index contributed by atoms with van der Waals surface area (Å²) in [5.74, 6) is -4.28. The summed E-state index contributed by atoms with van der Waals surface area (Å²) in [5.41, 5.74) is 0.787. The van der Waals surface area contributed by atoms with Crippen LogP contribution in [0.1, 0.15) is 42.3 Å². The zero-order chi connectivity index (χ0) is 31.0. The van der Waals surface area contributed by atoms with E-state index < -0.39 is 34.6 Å². The molecular formula is C29H21ClF3N3O5S. The summed E-state index contributed by atoms with van der Waals surface area (Å²) in [6.07, 6.45) is -4.14. The highest BCUT2D eigenvalue weighted by molar-refractivity contribution is 7.74. The third-order valence-electron chi connectivity index (χ3n) is 6.29. The molecular weight excluding hydrogens is 595 g/mol. The van der Waals surface area contributed by atoms with Crippen molar-refractivity contribution in [1.82, 2.24) is 4.98 Å². The van der Waals surface area contributed by atoms with Crippen molar-refractivity contribution in [3.05, 3.63) is 88.6 Å². The summed E-state index contributed by atoms with van der Waals surface area (Å²) in [7, 11) is -3.31. The molecule has 0 aliphatic rings. The molecule has 0 N–H and O–H groups in total. The maximum Gasteiger partial charge on any atom is 0.491 e. The SMILES string of the molecule is CC(C)(C)c1ccc(N(c2ccc(C#N)c(Cl)c2-c2ccc(C(=O)OC(=O)C(F)(F)F)c3ncccc23)[SH](=O)=O)cc1. The molecule has 0 aliphatic carbocycles. The van der Waals surface area contributed by atoms with Crippen LogP contribution in [0.25, 0.3) is 22.0 Å². The highest BCUT2D eigenvalue weighted by Crippen LogP contribution is 2.44. The Morgan fingerprint density at radius 2 is 1.67 bits per heavy atom. The number of pyridine rings is 1. The zero-order valence-corrected chi connectivity index (χ0v) is 23.8. The second-order valence-electron chi connectivity index (χ2n) is 10.0. The monoisotopic (exact) mass is 615 g/mol. The number of carbonyl (C=O) groups excluding carboxylic acids is 2. The first-order chi connectivity index (χ1) is 19.6. The first-order valence-electron chi connectivity index (χ1n) is 12.1. The molecule has 0 spiro atoms. The van der Waals surface area contributed by atoms with Crippen LogP contribution in [0, 0.1) is 11.3 Å². The number of anilines is 2. The Labute approximate surface area is 245 Å². The first kappa shape index (κ1) is 30.5. The van der Waals surface area contributed by atoms with E-state index in [1.807, 2.05) is 26.8 Å². The van der Waals surface area contributed by atoms with Crippen molar-refractivity contribution in [2.45, 2.75) is 32.4 Å². The molecule has 0 fully saturated rings. The lowest BCUT2D eigenvalue weighted by molar-refractivity contribution is -0.193. The van der Waals surface area contributed by atoms with Gasteiger partial charge in [0.2, 0.25) is 10.9 Å². The van der Waals surface area contributed by atoms with Crippen LogP contribution in [-0.4, -0.2) is 31.5 Å². The predicted molar refractivity (Wildman–Crippen MR) is 151 cm³/mol. The number of alkyl halides is 3. The maximum atomic E-state index is 12.7. The van der Waals surface area contributed by atoms with Crippen LogP contribution < -0.4 is 4.31 Å². The number of hydrogen-bond acceptors (Lipinski definition) is 7. The molecule has 3 aromatic carbocycles. The van der Waals surface area contributed by atoms with Crippen molar-refractivity contribution in [3.8, 4) is 17.2 Å². The molecule has 0 bridgehead atoms. The Balaban J connectivity index is 1.96.